The molecule has 0 unspecified atom stereocenters. The fourth-order valence-corrected chi connectivity index (χ4v) is 5.45. The first-order valence-corrected chi connectivity index (χ1v) is 12.2. The maximum atomic E-state index is 13.0. The monoisotopic (exact) mass is 446 g/mol. The molecule has 1 aromatic heterocycles. The van der Waals surface area contributed by atoms with Crippen molar-refractivity contribution >= 4 is 17.5 Å². The molecule has 0 bridgehead atoms. The van der Waals surface area contributed by atoms with Crippen LogP contribution in [0.2, 0.25) is 0 Å². The number of benzene rings is 1. The predicted octanol–water partition coefficient (Wildman–Crippen LogP) is 5.02. The zero-order chi connectivity index (χ0) is 23.4. The summed E-state index contributed by atoms with van der Waals surface area (Å²) in [6, 6.07) is 12.1. The maximum absolute atomic E-state index is 13.0. The van der Waals surface area contributed by atoms with E-state index in [-0.39, 0.29) is 24.2 Å². The van der Waals surface area contributed by atoms with Crippen LogP contribution in [0.25, 0.3) is 0 Å². The van der Waals surface area contributed by atoms with Crippen molar-refractivity contribution in [2.75, 3.05) is 25.0 Å². The van der Waals surface area contributed by atoms with Crippen molar-refractivity contribution in [1.82, 2.24) is 9.47 Å². The number of anilines is 1. The van der Waals surface area contributed by atoms with Gasteiger partial charge in [-0.2, -0.15) is 5.26 Å². The molecule has 1 saturated carbocycles. The normalized spacial score (nSPS) is 18.1. The van der Waals surface area contributed by atoms with Crippen LogP contribution in [0.15, 0.2) is 30.3 Å². The second-order valence-corrected chi connectivity index (χ2v) is 9.54. The molecule has 1 aliphatic heterocycles. The Morgan fingerprint density at radius 3 is 2.33 bits per heavy atom. The largest absolute Gasteiger partial charge is 0.327 e. The molecule has 1 aromatic carbocycles. The average Bonchev–Trinajstić information content (AvgIpc) is 3.08. The van der Waals surface area contributed by atoms with E-state index in [0.29, 0.717) is 17.4 Å². The van der Waals surface area contributed by atoms with Gasteiger partial charge in [-0.25, -0.2) is 0 Å². The van der Waals surface area contributed by atoms with Crippen LogP contribution in [0.1, 0.15) is 78.2 Å². The number of hydrogen-bond acceptors (Lipinski definition) is 4. The molecule has 2 heterocycles. The number of nitrogens with one attached hydrogen (secondary N) is 1. The van der Waals surface area contributed by atoms with Crippen molar-refractivity contribution in [3.63, 3.8) is 0 Å². The highest BCUT2D eigenvalue weighted by atomic mass is 16.2. The van der Waals surface area contributed by atoms with E-state index in [9.17, 15) is 14.9 Å². The summed E-state index contributed by atoms with van der Waals surface area (Å²) in [5.41, 5.74) is 3.39. The minimum atomic E-state index is -0.0890. The molecule has 0 radical (unpaired) electrons. The van der Waals surface area contributed by atoms with E-state index < -0.39 is 0 Å². The number of aromatic nitrogens is 1. The van der Waals surface area contributed by atoms with Crippen molar-refractivity contribution in [3.05, 3.63) is 52.7 Å². The number of ketones is 1. The highest BCUT2D eigenvalue weighted by Crippen LogP contribution is 2.36. The van der Waals surface area contributed by atoms with E-state index >= 15 is 0 Å². The molecule has 2 fully saturated rings. The summed E-state index contributed by atoms with van der Waals surface area (Å²) >= 11 is 0. The van der Waals surface area contributed by atoms with E-state index in [1.807, 2.05) is 37.3 Å². The first-order chi connectivity index (χ1) is 16.0. The lowest BCUT2D eigenvalue weighted by atomic mass is 9.89. The molecule has 174 valence electrons. The molecule has 1 aliphatic carbocycles. The van der Waals surface area contributed by atoms with Crippen LogP contribution in [-0.4, -0.2) is 40.8 Å². The summed E-state index contributed by atoms with van der Waals surface area (Å²) in [6.45, 7) is 5.75. The number of piperidine rings is 1. The van der Waals surface area contributed by atoms with Crippen molar-refractivity contribution < 1.29 is 9.59 Å². The number of amides is 1. The fraction of sp³-hybridized carbons (Fsp3) is 0.519. The van der Waals surface area contributed by atoms with Crippen LogP contribution in [0.5, 0.6) is 0 Å². The number of Topliss-reactive ketones (excluding diaryl/α,β-unsaturated/α-hetero) is 1. The molecule has 2 aliphatic rings. The number of carbonyl (C=O) groups is 2. The van der Waals surface area contributed by atoms with Gasteiger partial charge in [-0.3, -0.25) is 14.5 Å². The third kappa shape index (κ3) is 5.04. The summed E-state index contributed by atoms with van der Waals surface area (Å²) in [6.07, 6.45) is 7.34. The quantitative estimate of drug-likeness (QED) is 0.632. The summed E-state index contributed by atoms with van der Waals surface area (Å²) < 4.78 is 2.20. The van der Waals surface area contributed by atoms with Gasteiger partial charge in [0.15, 0.2) is 5.78 Å². The summed E-state index contributed by atoms with van der Waals surface area (Å²) in [5, 5.41) is 12.9. The molecule has 1 amide bonds. The standard InChI is InChI=1S/C27H34N4O2/c1-19-20(2)31(23-11-7-4-8-12-23)27(24(19)17-28)29-25(32)18-30-15-13-22(14-16-30)26(33)21-9-5-3-6-10-21/h3,5-6,9-10,22-23H,4,7-8,11-16,18H2,1-2H3,(H,29,32). The summed E-state index contributed by atoms with van der Waals surface area (Å²) in [7, 11) is 0. The lowest BCUT2D eigenvalue weighted by Crippen LogP contribution is -2.41. The third-order valence-corrected chi connectivity index (χ3v) is 7.45. The highest BCUT2D eigenvalue weighted by molar-refractivity contribution is 5.98. The van der Waals surface area contributed by atoms with E-state index in [0.717, 1.165) is 55.6 Å². The lowest BCUT2D eigenvalue weighted by Gasteiger charge is -2.31. The smallest absolute Gasteiger partial charge is 0.239 e. The van der Waals surface area contributed by atoms with Gasteiger partial charge in [-0.15, -0.1) is 0 Å². The fourth-order valence-electron chi connectivity index (χ4n) is 5.45. The molecule has 6 heteroatoms. The zero-order valence-corrected chi connectivity index (χ0v) is 19.8. The van der Waals surface area contributed by atoms with Crippen molar-refractivity contribution in [3.8, 4) is 6.07 Å². The van der Waals surface area contributed by atoms with Crippen molar-refractivity contribution in [1.29, 1.82) is 5.26 Å². The molecule has 33 heavy (non-hydrogen) atoms. The van der Waals surface area contributed by atoms with Gasteiger partial charge in [0, 0.05) is 23.2 Å². The van der Waals surface area contributed by atoms with Gasteiger partial charge in [-0.1, -0.05) is 49.6 Å². The summed E-state index contributed by atoms with van der Waals surface area (Å²) in [5.74, 6) is 0.799. The predicted molar refractivity (Wildman–Crippen MR) is 129 cm³/mol. The Bertz CT molecular complexity index is 1040. The minimum absolute atomic E-state index is 0.0192. The minimum Gasteiger partial charge on any atom is -0.327 e. The second kappa shape index (κ2) is 10.4. The van der Waals surface area contributed by atoms with E-state index in [4.69, 9.17) is 0 Å². The number of hydrogen-bond donors (Lipinski definition) is 1. The topological polar surface area (TPSA) is 78.1 Å². The molecular weight excluding hydrogens is 412 g/mol. The lowest BCUT2D eigenvalue weighted by molar-refractivity contribution is -0.117. The van der Waals surface area contributed by atoms with Gasteiger partial charge < -0.3 is 9.88 Å². The Kier molecular flexibility index (Phi) is 7.29. The van der Waals surface area contributed by atoms with Gasteiger partial charge >= 0.3 is 0 Å². The van der Waals surface area contributed by atoms with E-state index in [1.54, 1.807) is 0 Å². The van der Waals surface area contributed by atoms with Crippen LogP contribution in [0.4, 0.5) is 5.82 Å². The highest BCUT2D eigenvalue weighted by Gasteiger charge is 2.29. The SMILES string of the molecule is Cc1c(C#N)c(NC(=O)CN2CCC(C(=O)c3ccccc3)CC2)n(C2CCCCC2)c1C. The zero-order valence-electron chi connectivity index (χ0n) is 19.8. The number of nitrogens with zero attached hydrogens (tertiary/aromatic N) is 3. The van der Waals surface area contributed by atoms with E-state index in [2.05, 4.69) is 27.8 Å². The Hall–Kier alpha value is -2.91. The second-order valence-electron chi connectivity index (χ2n) is 9.54. The van der Waals surface area contributed by atoms with Crippen LogP contribution in [0.3, 0.4) is 0 Å². The number of carbonyl (C=O) groups excluding carboxylic acids is 2. The first-order valence-electron chi connectivity index (χ1n) is 12.2. The Morgan fingerprint density at radius 2 is 1.70 bits per heavy atom. The number of likely N-dealkylation sites (tertiary alicyclic amines) is 1. The van der Waals surface area contributed by atoms with Crippen LogP contribution in [-0.2, 0) is 4.79 Å². The van der Waals surface area contributed by atoms with Crippen LogP contribution >= 0.6 is 0 Å². The average molecular weight is 447 g/mol. The van der Waals surface area contributed by atoms with Crippen molar-refractivity contribution in [2.45, 2.75) is 64.8 Å². The Balaban J connectivity index is 1.39. The van der Waals surface area contributed by atoms with Crippen LogP contribution in [0, 0.1) is 31.1 Å². The van der Waals surface area contributed by atoms with E-state index in [1.165, 1.54) is 19.3 Å². The van der Waals surface area contributed by atoms with Gasteiger partial charge in [0.25, 0.3) is 0 Å². The molecule has 4 rings (SSSR count). The number of rotatable bonds is 6. The van der Waals surface area contributed by atoms with Crippen LogP contribution < -0.4 is 5.32 Å². The van der Waals surface area contributed by atoms with Gasteiger partial charge in [-0.05, 0) is 58.2 Å². The molecule has 1 N–H and O–H groups in total. The van der Waals surface area contributed by atoms with Crippen molar-refractivity contribution in [2.24, 2.45) is 5.92 Å². The maximum Gasteiger partial charge on any atom is 0.239 e. The number of nitriles is 1. The molecule has 1 saturated heterocycles. The molecule has 0 atom stereocenters. The molecular formula is C27H34N4O2. The molecule has 2 aromatic rings. The summed E-state index contributed by atoms with van der Waals surface area (Å²) in [4.78, 5) is 27.8. The third-order valence-electron chi connectivity index (χ3n) is 7.45. The Morgan fingerprint density at radius 1 is 1.03 bits per heavy atom. The first kappa shape index (κ1) is 23.3. The van der Waals surface area contributed by atoms with Gasteiger partial charge in [0.2, 0.25) is 5.91 Å². The Labute approximate surface area is 196 Å². The van der Waals surface area contributed by atoms with Gasteiger partial charge in [0.05, 0.1) is 12.1 Å². The molecule has 0 spiro atoms. The van der Waals surface area contributed by atoms with Gasteiger partial charge in [0.1, 0.15) is 11.9 Å². The molecule has 6 nitrogen and oxygen atoms in total.